The fraction of sp³-hybridized carbons (Fsp3) is 0. The van der Waals surface area contributed by atoms with Crippen molar-refractivity contribution in [2.75, 3.05) is 0 Å². The zero-order chi connectivity index (χ0) is 18.1. The lowest BCUT2D eigenvalue weighted by Crippen LogP contribution is -2.10. The van der Waals surface area contributed by atoms with Crippen LogP contribution in [0.3, 0.4) is 0 Å². The third kappa shape index (κ3) is 3.38. The van der Waals surface area contributed by atoms with Crippen molar-refractivity contribution in [3.63, 3.8) is 0 Å². The first-order chi connectivity index (χ1) is 12.6. The van der Waals surface area contributed by atoms with E-state index in [9.17, 15) is 4.79 Å². The Balaban J connectivity index is 1.99. The number of H-pyrrole nitrogens is 1. The van der Waals surface area contributed by atoms with Crippen molar-refractivity contribution >= 4 is 45.9 Å². The lowest BCUT2D eigenvalue weighted by molar-refractivity contribution is 1.20. The van der Waals surface area contributed by atoms with E-state index >= 15 is 0 Å². The maximum absolute atomic E-state index is 12.9. The van der Waals surface area contributed by atoms with Gasteiger partial charge in [0, 0.05) is 25.9 Å². The van der Waals surface area contributed by atoms with Crippen LogP contribution in [0.5, 0.6) is 0 Å². The van der Waals surface area contributed by atoms with Crippen molar-refractivity contribution in [3.8, 4) is 11.1 Å². The molecule has 1 N–H and O–H groups in total. The number of hydrogen-bond acceptors (Lipinski definition) is 2. The van der Waals surface area contributed by atoms with Gasteiger partial charge in [0.1, 0.15) is 0 Å². The van der Waals surface area contributed by atoms with Crippen LogP contribution >= 0.6 is 35.0 Å². The molecule has 4 aromatic rings. The fourth-order valence-corrected chi connectivity index (χ4v) is 4.14. The van der Waals surface area contributed by atoms with E-state index in [4.69, 9.17) is 23.2 Å². The molecule has 1 aromatic heterocycles. The van der Waals surface area contributed by atoms with Crippen LogP contribution in [-0.4, -0.2) is 4.98 Å². The standard InChI is InChI=1S/C21H13Cl2NOS/c22-14-6-9-16(10-7-14)26-20-19(13-4-2-1-3-5-13)17-11-8-15(23)12-18(17)24-21(20)25/h1-12H,(H,24,25). The first kappa shape index (κ1) is 17.2. The Hall–Kier alpha value is -2.20. The zero-order valence-electron chi connectivity index (χ0n) is 13.5. The summed E-state index contributed by atoms with van der Waals surface area (Å²) in [5.74, 6) is 0. The maximum Gasteiger partial charge on any atom is 0.263 e. The summed E-state index contributed by atoms with van der Waals surface area (Å²) in [4.78, 5) is 17.4. The summed E-state index contributed by atoms with van der Waals surface area (Å²) >= 11 is 13.5. The summed E-state index contributed by atoms with van der Waals surface area (Å²) < 4.78 is 0. The van der Waals surface area contributed by atoms with E-state index in [1.54, 1.807) is 6.07 Å². The molecule has 26 heavy (non-hydrogen) atoms. The fourth-order valence-electron chi connectivity index (χ4n) is 2.86. The topological polar surface area (TPSA) is 32.9 Å². The molecule has 1 heterocycles. The van der Waals surface area contributed by atoms with Crippen LogP contribution in [0.25, 0.3) is 22.0 Å². The van der Waals surface area contributed by atoms with Crippen LogP contribution in [0, 0.1) is 0 Å². The molecule has 0 atom stereocenters. The Bertz CT molecular complexity index is 1140. The predicted octanol–water partition coefficient (Wildman–Crippen LogP) is 6.65. The monoisotopic (exact) mass is 397 g/mol. The Morgan fingerprint density at radius 1 is 0.808 bits per heavy atom. The van der Waals surface area contributed by atoms with Crippen LogP contribution in [0.4, 0.5) is 0 Å². The molecule has 0 aliphatic rings. The highest BCUT2D eigenvalue weighted by Gasteiger charge is 2.16. The average Bonchev–Trinajstić information content (AvgIpc) is 2.65. The quantitative estimate of drug-likeness (QED) is 0.419. The van der Waals surface area contributed by atoms with E-state index in [0.717, 1.165) is 26.9 Å². The molecule has 5 heteroatoms. The highest BCUT2D eigenvalue weighted by molar-refractivity contribution is 7.99. The maximum atomic E-state index is 12.9. The van der Waals surface area contributed by atoms with E-state index in [0.29, 0.717) is 14.9 Å². The first-order valence-electron chi connectivity index (χ1n) is 7.96. The van der Waals surface area contributed by atoms with Crippen molar-refractivity contribution in [2.45, 2.75) is 9.79 Å². The van der Waals surface area contributed by atoms with Crippen molar-refractivity contribution in [1.29, 1.82) is 0 Å². The van der Waals surface area contributed by atoms with Gasteiger partial charge >= 0.3 is 0 Å². The average molecular weight is 398 g/mol. The Kier molecular flexibility index (Phi) is 4.77. The van der Waals surface area contributed by atoms with Gasteiger partial charge < -0.3 is 4.98 Å². The van der Waals surface area contributed by atoms with Crippen LogP contribution < -0.4 is 5.56 Å². The third-order valence-electron chi connectivity index (χ3n) is 4.03. The van der Waals surface area contributed by atoms with Gasteiger partial charge in [-0.2, -0.15) is 0 Å². The zero-order valence-corrected chi connectivity index (χ0v) is 15.8. The molecule has 0 aliphatic carbocycles. The first-order valence-corrected chi connectivity index (χ1v) is 9.53. The largest absolute Gasteiger partial charge is 0.321 e. The van der Waals surface area contributed by atoms with Gasteiger partial charge in [0.2, 0.25) is 0 Å². The van der Waals surface area contributed by atoms with Crippen LogP contribution in [0.15, 0.2) is 87.4 Å². The summed E-state index contributed by atoms with van der Waals surface area (Å²) in [6, 6.07) is 22.9. The van der Waals surface area contributed by atoms with Crippen LogP contribution in [0.2, 0.25) is 10.0 Å². The summed E-state index contributed by atoms with van der Waals surface area (Å²) in [6.07, 6.45) is 0. The lowest BCUT2D eigenvalue weighted by atomic mass is 10.0. The van der Waals surface area contributed by atoms with Gasteiger partial charge in [0.25, 0.3) is 5.56 Å². The molecule has 0 radical (unpaired) electrons. The van der Waals surface area contributed by atoms with E-state index in [1.807, 2.05) is 66.7 Å². The molecule has 4 rings (SSSR count). The minimum Gasteiger partial charge on any atom is -0.321 e. The molecule has 0 spiro atoms. The molecule has 0 aliphatic heterocycles. The smallest absolute Gasteiger partial charge is 0.263 e. The third-order valence-corrected chi connectivity index (χ3v) is 5.62. The molecule has 0 bridgehead atoms. The lowest BCUT2D eigenvalue weighted by Gasteiger charge is -2.13. The number of aromatic amines is 1. The van der Waals surface area contributed by atoms with Crippen LogP contribution in [0.1, 0.15) is 0 Å². The number of halogens is 2. The highest BCUT2D eigenvalue weighted by atomic mass is 35.5. The van der Waals surface area contributed by atoms with Gasteiger partial charge in [0.05, 0.1) is 10.4 Å². The summed E-state index contributed by atoms with van der Waals surface area (Å²) in [5, 5.41) is 2.21. The molecular formula is C21H13Cl2NOS. The van der Waals surface area contributed by atoms with Crippen molar-refractivity contribution in [3.05, 3.63) is 93.2 Å². The molecule has 2 nitrogen and oxygen atoms in total. The molecule has 0 unspecified atom stereocenters. The number of nitrogens with one attached hydrogen (secondary N) is 1. The molecule has 0 saturated heterocycles. The number of fused-ring (bicyclic) bond motifs is 1. The van der Waals surface area contributed by atoms with E-state index in [2.05, 4.69) is 4.98 Å². The van der Waals surface area contributed by atoms with Gasteiger partial charge in [-0.3, -0.25) is 4.79 Å². The highest BCUT2D eigenvalue weighted by Crippen LogP contribution is 2.38. The Morgan fingerprint density at radius 2 is 1.50 bits per heavy atom. The van der Waals surface area contributed by atoms with E-state index in [1.165, 1.54) is 11.8 Å². The SMILES string of the molecule is O=c1[nH]c2cc(Cl)ccc2c(-c2ccccc2)c1Sc1ccc(Cl)cc1. The second-order valence-corrected chi connectivity index (χ2v) is 7.73. The van der Waals surface area contributed by atoms with Gasteiger partial charge in [-0.05, 0) is 42.0 Å². The number of pyridine rings is 1. The molecule has 0 amide bonds. The van der Waals surface area contributed by atoms with Gasteiger partial charge in [-0.1, -0.05) is 71.4 Å². The van der Waals surface area contributed by atoms with Crippen LogP contribution in [-0.2, 0) is 0 Å². The van der Waals surface area contributed by atoms with E-state index < -0.39 is 0 Å². The summed E-state index contributed by atoms with van der Waals surface area (Å²) in [6.45, 7) is 0. The second kappa shape index (κ2) is 7.20. The van der Waals surface area contributed by atoms with Crippen molar-refractivity contribution in [1.82, 2.24) is 4.98 Å². The summed E-state index contributed by atoms with van der Waals surface area (Å²) in [7, 11) is 0. The van der Waals surface area contributed by atoms with Gasteiger partial charge in [0.15, 0.2) is 0 Å². The van der Waals surface area contributed by atoms with E-state index in [-0.39, 0.29) is 5.56 Å². The number of benzene rings is 3. The van der Waals surface area contributed by atoms with Crippen molar-refractivity contribution in [2.24, 2.45) is 0 Å². The minimum absolute atomic E-state index is 0.140. The molecule has 128 valence electrons. The Morgan fingerprint density at radius 3 is 2.23 bits per heavy atom. The molecule has 0 fully saturated rings. The normalized spacial score (nSPS) is 11.0. The second-order valence-electron chi connectivity index (χ2n) is 5.77. The number of aromatic nitrogens is 1. The summed E-state index contributed by atoms with van der Waals surface area (Å²) in [5.41, 5.74) is 2.48. The molecular weight excluding hydrogens is 385 g/mol. The van der Waals surface area contributed by atoms with Crippen molar-refractivity contribution < 1.29 is 0 Å². The number of hydrogen-bond donors (Lipinski definition) is 1. The molecule has 0 saturated carbocycles. The van der Waals surface area contributed by atoms with Gasteiger partial charge in [-0.25, -0.2) is 0 Å². The number of rotatable bonds is 3. The molecule has 3 aromatic carbocycles. The minimum atomic E-state index is -0.140. The predicted molar refractivity (Wildman–Crippen MR) is 111 cm³/mol. The van der Waals surface area contributed by atoms with Gasteiger partial charge in [-0.15, -0.1) is 0 Å². The Labute approximate surface area is 164 Å².